The second-order valence-electron chi connectivity index (χ2n) is 7.69. The van der Waals surface area contributed by atoms with E-state index >= 15 is 0 Å². The lowest BCUT2D eigenvalue weighted by atomic mass is 10.2. The molecule has 4 aromatic rings. The van der Waals surface area contributed by atoms with Crippen LogP contribution in [0.3, 0.4) is 0 Å². The smallest absolute Gasteiger partial charge is 0.266 e. The molecule has 9 heteroatoms. The second-order valence-corrected chi connectivity index (χ2v) is 9.13. The minimum Gasteiger partial charge on any atom is -0.324 e. The molecular formula is C24H21ClN4O3S. The van der Waals surface area contributed by atoms with Crippen LogP contribution in [0.25, 0.3) is 10.2 Å². The molecule has 7 nitrogen and oxygen atoms in total. The highest BCUT2D eigenvalue weighted by atomic mass is 35.5. The van der Waals surface area contributed by atoms with Crippen LogP contribution in [0.4, 0.5) is 11.4 Å². The Bertz CT molecular complexity index is 1460. The third-order valence-corrected chi connectivity index (χ3v) is 6.73. The molecule has 0 saturated heterocycles. The van der Waals surface area contributed by atoms with Gasteiger partial charge in [-0.2, -0.15) is 0 Å². The Morgan fingerprint density at radius 1 is 1.03 bits per heavy atom. The van der Waals surface area contributed by atoms with Gasteiger partial charge in [-0.3, -0.25) is 19.0 Å². The Labute approximate surface area is 199 Å². The fourth-order valence-corrected chi connectivity index (χ4v) is 4.75. The number of hydrogen-bond acceptors (Lipinski definition) is 5. The topological polar surface area (TPSA) is 93.1 Å². The van der Waals surface area contributed by atoms with Gasteiger partial charge in [-0.15, -0.1) is 11.3 Å². The standard InChI is InChI=1S/C24H21ClN4O3S/c1-13-6-4-5-7-17(13)28-22(31)21-15(3)20-23(33-21)26-12-29(24(20)32)11-19(30)27-18-9-8-16(25)10-14(18)2/h4-10,12H,11H2,1-3H3,(H,27,30)(H,28,31). The van der Waals surface area contributed by atoms with Gasteiger partial charge < -0.3 is 10.6 Å². The second kappa shape index (κ2) is 9.17. The molecule has 33 heavy (non-hydrogen) atoms. The van der Waals surface area contributed by atoms with Crippen molar-refractivity contribution in [3.05, 3.63) is 85.7 Å². The van der Waals surface area contributed by atoms with Crippen LogP contribution in [-0.2, 0) is 11.3 Å². The number of carbonyl (C=O) groups is 2. The van der Waals surface area contributed by atoms with Crippen molar-refractivity contribution in [2.24, 2.45) is 0 Å². The predicted octanol–water partition coefficient (Wildman–Crippen LogP) is 4.93. The van der Waals surface area contributed by atoms with Crippen molar-refractivity contribution in [1.82, 2.24) is 9.55 Å². The SMILES string of the molecule is Cc1cc(Cl)ccc1NC(=O)Cn1cnc2sc(C(=O)Nc3ccccc3C)c(C)c2c1=O. The highest BCUT2D eigenvalue weighted by molar-refractivity contribution is 7.20. The summed E-state index contributed by atoms with van der Waals surface area (Å²) in [7, 11) is 0. The minimum absolute atomic E-state index is 0.204. The number of anilines is 2. The molecule has 0 spiro atoms. The lowest BCUT2D eigenvalue weighted by molar-refractivity contribution is -0.116. The van der Waals surface area contributed by atoms with Gasteiger partial charge in [0.2, 0.25) is 5.91 Å². The summed E-state index contributed by atoms with van der Waals surface area (Å²) in [5.41, 5.74) is 3.25. The number of aryl methyl sites for hydroxylation is 3. The Balaban J connectivity index is 1.59. The highest BCUT2D eigenvalue weighted by Crippen LogP contribution is 2.28. The zero-order valence-corrected chi connectivity index (χ0v) is 19.8. The third-order valence-electron chi connectivity index (χ3n) is 5.29. The molecule has 2 amide bonds. The Kier molecular flexibility index (Phi) is 6.31. The normalized spacial score (nSPS) is 10.9. The highest BCUT2D eigenvalue weighted by Gasteiger charge is 2.20. The Morgan fingerprint density at radius 3 is 2.48 bits per heavy atom. The molecule has 0 saturated carbocycles. The van der Waals surface area contributed by atoms with E-state index in [1.807, 2.05) is 38.1 Å². The van der Waals surface area contributed by atoms with Crippen LogP contribution in [0, 0.1) is 20.8 Å². The number of fused-ring (bicyclic) bond motifs is 1. The van der Waals surface area contributed by atoms with E-state index in [0.29, 0.717) is 37.1 Å². The van der Waals surface area contributed by atoms with Crippen LogP contribution in [0.2, 0.25) is 5.02 Å². The number of thiophene rings is 1. The molecular weight excluding hydrogens is 460 g/mol. The molecule has 0 radical (unpaired) electrons. The summed E-state index contributed by atoms with van der Waals surface area (Å²) in [5, 5.41) is 6.59. The minimum atomic E-state index is -0.369. The monoisotopic (exact) mass is 480 g/mol. The summed E-state index contributed by atoms with van der Waals surface area (Å²) < 4.78 is 1.24. The zero-order valence-electron chi connectivity index (χ0n) is 18.2. The third kappa shape index (κ3) is 4.67. The van der Waals surface area contributed by atoms with E-state index in [9.17, 15) is 14.4 Å². The molecule has 4 rings (SSSR count). The lowest BCUT2D eigenvalue weighted by Gasteiger charge is -2.10. The fraction of sp³-hybridized carbons (Fsp3) is 0.167. The number of carbonyl (C=O) groups excluding carboxylic acids is 2. The first kappa shape index (κ1) is 22.7. The molecule has 0 aliphatic heterocycles. The molecule has 168 valence electrons. The van der Waals surface area contributed by atoms with Crippen LogP contribution in [-0.4, -0.2) is 21.4 Å². The van der Waals surface area contributed by atoms with Gasteiger partial charge in [-0.1, -0.05) is 29.8 Å². The maximum atomic E-state index is 13.1. The summed E-state index contributed by atoms with van der Waals surface area (Å²) in [5.74, 6) is -0.666. The number of para-hydroxylation sites is 1. The molecule has 2 aromatic carbocycles. The molecule has 2 heterocycles. The van der Waals surface area contributed by atoms with Crippen LogP contribution < -0.4 is 16.2 Å². The maximum Gasteiger partial charge on any atom is 0.266 e. The molecule has 0 fully saturated rings. The van der Waals surface area contributed by atoms with Gasteiger partial charge in [0.15, 0.2) is 0 Å². The van der Waals surface area contributed by atoms with Gasteiger partial charge in [0, 0.05) is 16.4 Å². The number of benzene rings is 2. The van der Waals surface area contributed by atoms with E-state index in [0.717, 1.165) is 22.5 Å². The first-order valence-electron chi connectivity index (χ1n) is 10.2. The van der Waals surface area contributed by atoms with Crippen LogP contribution in [0.5, 0.6) is 0 Å². The Morgan fingerprint density at radius 2 is 1.76 bits per heavy atom. The van der Waals surface area contributed by atoms with Gasteiger partial charge in [-0.05, 0) is 61.7 Å². The van der Waals surface area contributed by atoms with E-state index in [-0.39, 0.29) is 23.9 Å². The molecule has 0 atom stereocenters. The first-order chi connectivity index (χ1) is 15.7. The number of nitrogens with one attached hydrogen (secondary N) is 2. The van der Waals surface area contributed by atoms with Crippen molar-refractivity contribution in [3.63, 3.8) is 0 Å². The summed E-state index contributed by atoms with van der Waals surface area (Å²) >= 11 is 7.11. The molecule has 0 aliphatic rings. The zero-order chi connectivity index (χ0) is 23.7. The molecule has 0 aliphatic carbocycles. The van der Waals surface area contributed by atoms with Gasteiger partial charge in [0.05, 0.1) is 16.6 Å². The van der Waals surface area contributed by atoms with Crippen LogP contribution in [0.15, 0.2) is 53.6 Å². The van der Waals surface area contributed by atoms with Crippen LogP contribution >= 0.6 is 22.9 Å². The summed E-state index contributed by atoms with van der Waals surface area (Å²) in [4.78, 5) is 43.7. The average Bonchev–Trinajstić information content (AvgIpc) is 3.11. The number of amides is 2. The summed E-state index contributed by atoms with van der Waals surface area (Å²) in [6, 6.07) is 12.6. The predicted molar refractivity (Wildman–Crippen MR) is 133 cm³/mol. The maximum absolute atomic E-state index is 13.1. The van der Waals surface area contributed by atoms with Gasteiger partial charge in [-0.25, -0.2) is 4.98 Å². The van der Waals surface area contributed by atoms with Crippen LogP contribution in [0.1, 0.15) is 26.4 Å². The van der Waals surface area contributed by atoms with Crippen molar-refractivity contribution in [2.75, 3.05) is 10.6 Å². The van der Waals surface area contributed by atoms with E-state index < -0.39 is 0 Å². The number of rotatable bonds is 5. The number of halogens is 1. The largest absolute Gasteiger partial charge is 0.324 e. The van der Waals surface area contributed by atoms with E-state index in [1.165, 1.54) is 10.9 Å². The first-order valence-corrected chi connectivity index (χ1v) is 11.4. The van der Waals surface area contributed by atoms with Crippen molar-refractivity contribution in [3.8, 4) is 0 Å². The number of nitrogens with zero attached hydrogens (tertiary/aromatic N) is 2. The molecule has 0 bridgehead atoms. The van der Waals surface area contributed by atoms with Crippen molar-refractivity contribution in [2.45, 2.75) is 27.3 Å². The quantitative estimate of drug-likeness (QED) is 0.423. The van der Waals surface area contributed by atoms with Gasteiger partial charge in [0.1, 0.15) is 11.4 Å². The van der Waals surface area contributed by atoms with Crippen molar-refractivity contribution >= 4 is 56.3 Å². The number of hydrogen-bond donors (Lipinski definition) is 2. The van der Waals surface area contributed by atoms with Gasteiger partial charge >= 0.3 is 0 Å². The summed E-state index contributed by atoms with van der Waals surface area (Å²) in [6.07, 6.45) is 1.33. The molecule has 2 aromatic heterocycles. The average molecular weight is 481 g/mol. The molecule has 0 unspecified atom stereocenters. The van der Waals surface area contributed by atoms with Crippen molar-refractivity contribution < 1.29 is 9.59 Å². The number of aromatic nitrogens is 2. The van der Waals surface area contributed by atoms with E-state index in [4.69, 9.17) is 11.6 Å². The van der Waals surface area contributed by atoms with E-state index in [2.05, 4.69) is 15.6 Å². The summed E-state index contributed by atoms with van der Waals surface area (Å²) in [6.45, 7) is 5.25. The fourth-order valence-electron chi connectivity index (χ4n) is 3.49. The lowest BCUT2D eigenvalue weighted by Crippen LogP contribution is -2.28. The molecule has 2 N–H and O–H groups in total. The van der Waals surface area contributed by atoms with Crippen molar-refractivity contribution in [1.29, 1.82) is 0 Å². The Hall–Kier alpha value is -3.49. The van der Waals surface area contributed by atoms with Gasteiger partial charge in [0.25, 0.3) is 11.5 Å². The van der Waals surface area contributed by atoms with E-state index in [1.54, 1.807) is 25.1 Å².